The molecule has 0 saturated carbocycles. The van der Waals surface area contributed by atoms with Gasteiger partial charge < -0.3 is 5.32 Å². The Hall–Kier alpha value is -1.68. The molecule has 0 saturated heterocycles. The third kappa shape index (κ3) is 1.84. The molecule has 0 atom stereocenters. The second kappa shape index (κ2) is 4.45. The van der Waals surface area contributed by atoms with E-state index < -0.39 is 0 Å². The van der Waals surface area contributed by atoms with Crippen molar-refractivity contribution in [1.29, 1.82) is 0 Å². The van der Waals surface area contributed by atoms with E-state index in [2.05, 4.69) is 22.3 Å². The Labute approximate surface area is 95.3 Å². The monoisotopic (exact) mass is 216 g/mol. The Morgan fingerprint density at radius 2 is 2.19 bits per heavy atom. The molecule has 0 aliphatic carbocycles. The maximum absolute atomic E-state index is 4.51. The molecule has 1 N–H and O–H groups in total. The summed E-state index contributed by atoms with van der Waals surface area (Å²) in [6.45, 7) is 2.91. The van der Waals surface area contributed by atoms with E-state index in [9.17, 15) is 0 Å². The Morgan fingerprint density at radius 1 is 1.38 bits per heavy atom. The zero-order chi connectivity index (χ0) is 11.5. The molecule has 2 heterocycles. The van der Waals surface area contributed by atoms with E-state index in [0.29, 0.717) is 0 Å². The van der Waals surface area contributed by atoms with E-state index in [0.717, 1.165) is 17.9 Å². The molecule has 0 radical (unpaired) electrons. The van der Waals surface area contributed by atoms with Crippen molar-refractivity contribution in [3.8, 4) is 11.4 Å². The Balaban J connectivity index is 2.47. The topological polar surface area (TPSA) is 42.7 Å². The molecular weight excluding hydrogens is 200 g/mol. The van der Waals surface area contributed by atoms with Gasteiger partial charge in [0.05, 0.1) is 11.4 Å². The maximum Gasteiger partial charge on any atom is 0.114 e. The molecule has 4 heteroatoms. The van der Waals surface area contributed by atoms with Crippen LogP contribution in [0.4, 0.5) is 0 Å². The number of hydrogen-bond acceptors (Lipinski definition) is 3. The van der Waals surface area contributed by atoms with Crippen molar-refractivity contribution in [3.05, 3.63) is 35.7 Å². The zero-order valence-electron chi connectivity index (χ0n) is 9.86. The predicted octanol–water partition coefficient (Wildman–Crippen LogP) is 1.51. The van der Waals surface area contributed by atoms with Crippen molar-refractivity contribution >= 4 is 0 Å². The van der Waals surface area contributed by atoms with Gasteiger partial charge in [-0.15, -0.1) is 0 Å². The highest BCUT2D eigenvalue weighted by atomic mass is 15.3. The zero-order valence-corrected chi connectivity index (χ0v) is 9.86. The summed E-state index contributed by atoms with van der Waals surface area (Å²) in [5.41, 5.74) is 4.28. The molecule has 84 valence electrons. The smallest absolute Gasteiger partial charge is 0.114 e. The summed E-state index contributed by atoms with van der Waals surface area (Å²) in [5, 5.41) is 7.66. The lowest BCUT2D eigenvalue weighted by Crippen LogP contribution is -2.10. The molecule has 2 aromatic heterocycles. The first-order chi connectivity index (χ1) is 7.74. The Bertz CT molecular complexity index is 473. The van der Waals surface area contributed by atoms with Crippen molar-refractivity contribution in [2.24, 2.45) is 7.05 Å². The summed E-state index contributed by atoms with van der Waals surface area (Å²) in [7, 11) is 3.90. The molecule has 0 unspecified atom stereocenters. The lowest BCUT2D eigenvalue weighted by atomic mass is 10.1. The maximum atomic E-state index is 4.51. The standard InChI is InChI=1S/C12H16N4/c1-9-11(8-13-2)16(3)15-12(9)10-6-4-5-7-14-10/h4-7,13H,8H2,1-3H3. The van der Waals surface area contributed by atoms with Gasteiger partial charge >= 0.3 is 0 Å². The number of hydrogen-bond donors (Lipinski definition) is 1. The molecule has 0 amide bonds. The third-order valence-electron chi connectivity index (χ3n) is 2.68. The normalized spacial score (nSPS) is 10.7. The lowest BCUT2D eigenvalue weighted by molar-refractivity contribution is 0.670. The summed E-state index contributed by atoms with van der Waals surface area (Å²) < 4.78 is 1.91. The van der Waals surface area contributed by atoms with Crippen LogP contribution in [0.5, 0.6) is 0 Å². The fourth-order valence-corrected chi connectivity index (χ4v) is 1.83. The van der Waals surface area contributed by atoms with Gasteiger partial charge in [0.1, 0.15) is 5.69 Å². The molecule has 4 nitrogen and oxygen atoms in total. The summed E-state index contributed by atoms with van der Waals surface area (Å²) in [6, 6.07) is 5.88. The lowest BCUT2D eigenvalue weighted by Gasteiger charge is -2.01. The molecule has 0 aliphatic heterocycles. The second-order valence-electron chi connectivity index (χ2n) is 3.79. The van der Waals surface area contributed by atoms with E-state index in [4.69, 9.17) is 0 Å². The fraction of sp³-hybridized carbons (Fsp3) is 0.333. The highest BCUT2D eigenvalue weighted by molar-refractivity contribution is 5.59. The van der Waals surface area contributed by atoms with E-state index in [-0.39, 0.29) is 0 Å². The van der Waals surface area contributed by atoms with Gasteiger partial charge in [0.25, 0.3) is 0 Å². The number of nitrogens with zero attached hydrogens (tertiary/aromatic N) is 3. The molecule has 2 rings (SSSR count). The van der Waals surface area contributed by atoms with Crippen molar-refractivity contribution in [2.45, 2.75) is 13.5 Å². The quantitative estimate of drug-likeness (QED) is 0.845. The van der Waals surface area contributed by atoms with Crippen LogP contribution in [0.2, 0.25) is 0 Å². The number of nitrogens with one attached hydrogen (secondary N) is 1. The Kier molecular flexibility index (Phi) is 3.01. The van der Waals surface area contributed by atoms with Gasteiger partial charge in [-0.05, 0) is 26.1 Å². The van der Waals surface area contributed by atoms with E-state index in [1.165, 1.54) is 11.3 Å². The molecule has 2 aromatic rings. The average Bonchev–Trinajstić information content (AvgIpc) is 2.59. The summed E-state index contributed by atoms with van der Waals surface area (Å²) in [5.74, 6) is 0. The van der Waals surface area contributed by atoms with Crippen LogP contribution in [0.1, 0.15) is 11.3 Å². The van der Waals surface area contributed by atoms with Crippen LogP contribution in [-0.2, 0) is 13.6 Å². The number of aryl methyl sites for hydroxylation is 1. The van der Waals surface area contributed by atoms with Gasteiger partial charge in [0.15, 0.2) is 0 Å². The van der Waals surface area contributed by atoms with Gasteiger partial charge in [0.2, 0.25) is 0 Å². The SMILES string of the molecule is CNCc1c(C)c(-c2ccccn2)nn1C. The molecule has 0 fully saturated rings. The van der Waals surface area contributed by atoms with Crippen molar-refractivity contribution in [2.75, 3.05) is 7.05 Å². The van der Waals surface area contributed by atoms with Crippen LogP contribution >= 0.6 is 0 Å². The highest BCUT2D eigenvalue weighted by Gasteiger charge is 2.13. The number of pyridine rings is 1. The van der Waals surface area contributed by atoms with Crippen LogP contribution in [0, 0.1) is 6.92 Å². The molecule has 0 spiro atoms. The van der Waals surface area contributed by atoms with Crippen LogP contribution < -0.4 is 5.32 Å². The average molecular weight is 216 g/mol. The molecule has 16 heavy (non-hydrogen) atoms. The van der Waals surface area contributed by atoms with Gasteiger partial charge in [-0.3, -0.25) is 9.67 Å². The first-order valence-corrected chi connectivity index (χ1v) is 5.32. The van der Waals surface area contributed by atoms with E-state index in [1.807, 2.05) is 37.0 Å². The minimum Gasteiger partial charge on any atom is -0.314 e. The molecule has 0 aromatic carbocycles. The van der Waals surface area contributed by atoms with Crippen LogP contribution in [0.3, 0.4) is 0 Å². The molecular formula is C12H16N4. The predicted molar refractivity (Wildman–Crippen MR) is 63.9 cm³/mol. The number of aromatic nitrogens is 3. The third-order valence-corrected chi connectivity index (χ3v) is 2.68. The van der Waals surface area contributed by atoms with E-state index in [1.54, 1.807) is 6.20 Å². The van der Waals surface area contributed by atoms with Gasteiger partial charge in [0, 0.05) is 25.4 Å². The first-order valence-electron chi connectivity index (χ1n) is 5.32. The van der Waals surface area contributed by atoms with Crippen molar-refractivity contribution in [3.63, 3.8) is 0 Å². The summed E-state index contributed by atoms with van der Waals surface area (Å²) in [6.07, 6.45) is 1.79. The first kappa shape index (κ1) is 10.8. The Morgan fingerprint density at radius 3 is 2.81 bits per heavy atom. The van der Waals surface area contributed by atoms with Crippen LogP contribution in [-0.4, -0.2) is 21.8 Å². The second-order valence-corrected chi connectivity index (χ2v) is 3.79. The summed E-state index contributed by atoms with van der Waals surface area (Å²) >= 11 is 0. The minimum atomic E-state index is 0.822. The largest absolute Gasteiger partial charge is 0.314 e. The van der Waals surface area contributed by atoms with Gasteiger partial charge in [-0.25, -0.2) is 0 Å². The van der Waals surface area contributed by atoms with Crippen molar-refractivity contribution < 1.29 is 0 Å². The van der Waals surface area contributed by atoms with Crippen LogP contribution in [0.15, 0.2) is 24.4 Å². The summed E-state index contributed by atoms with van der Waals surface area (Å²) in [4.78, 5) is 4.33. The fourth-order valence-electron chi connectivity index (χ4n) is 1.83. The molecule has 0 aliphatic rings. The van der Waals surface area contributed by atoms with Crippen molar-refractivity contribution in [1.82, 2.24) is 20.1 Å². The van der Waals surface area contributed by atoms with Gasteiger partial charge in [-0.2, -0.15) is 5.10 Å². The highest BCUT2D eigenvalue weighted by Crippen LogP contribution is 2.22. The molecule has 0 bridgehead atoms. The minimum absolute atomic E-state index is 0.822. The van der Waals surface area contributed by atoms with Crippen LogP contribution in [0.25, 0.3) is 11.4 Å². The van der Waals surface area contributed by atoms with E-state index >= 15 is 0 Å². The van der Waals surface area contributed by atoms with Gasteiger partial charge in [-0.1, -0.05) is 6.07 Å². The number of rotatable bonds is 3.